The zero-order chi connectivity index (χ0) is 27.4. The van der Waals surface area contributed by atoms with E-state index in [1.807, 2.05) is 0 Å². The van der Waals surface area contributed by atoms with Gasteiger partial charge in [0, 0.05) is 24.7 Å². The number of aromatic nitrogens is 1. The van der Waals surface area contributed by atoms with Gasteiger partial charge in [0.15, 0.2) is 11.9 Å². The molecule has 1 saturated heterocycles. The number of esters is 1. The maximum Gasteiger partial charge on any atom is 0.312 e. The number of para-hydroxylation sites is 1. The fourth-order valence-corrected chi connectivity index (χ4v) is 4.75. The Bertz CT molecular complexity index is 1180. The monoisotopic (exact) mass is 523 g/mol. The van der Waals surface area contributed by atoms with Gasteiger partial charge in [0.05, 0.1) is 23.6 Å². The van der Waals surface area contributed by atoms with Crippen LogP contribution >= 0.6 is 0 Å². The van der Waals surface area contributed by atoms with Crippen molar-refractivity contribution in [2.45, 2.75) is 63.8 Å². The van der Waals surface area contributed by atoms with Crippen molar-refractivity contribution in [1.82, 2.24) is 15.6 Å². The molecule has 10 heteroatoms. The van der Waals surface area contributed by atoms with Crippen LogP contribution in [0.25, 0.3) is 0 Å². The van der Waals surface area contributed by atoms with Gasteiger partial charge >= 0.3 is 5.97 Å². The van der Waals surface area contributed by atoms with Gasteiger partial charge in [-0.1, -0.05) is 25.1 Å². The van der Waals surface area contributed by atoms with Crippen LogP contribution in [0.1, 0.15) is 49.0 Å². The first-order chi connectivity index (χ1) is 18.2. The average Bonchev–Trinajstić information content (AvgIpc) is 3.74. The third-order valence-corrected chi connectivity index (χ3v) is 7.22. The Morgan fingerprint density at radius 2 is 1.87 bits per heavy atom. The van der Waals surface area contributed by atoms with Crippen molar-refractivity contribution >= 4 is 23.6 Å². The molecule has 202 valence electrons. The summed E-state index contributed by atoms with van der Waals surface area (Å²) < 4.78 is 5.62. The fourth-order valence-electron chi connectivity index (χ4n) is 4.75. The molecular weight excluding hydrogens is 490 g/mol. The summed E-state index contributed by atoms with van der Waals surface area (Å²) in [6.07, 6.45) is 2.43. The average molecular weight is 524 g/mol. The topological polar surface area (TPSA) is 155 Å². The lowest BCUT2D eigenvalue weighted by Crippen LogP contribution is -2.57. The van der Waals surface area contributed by atoms with Gasteiger partial charge in [0.25, 0.3) is 5.91 Å². The number of carbonyl (C=O) groups excluding carboxylic acids is 4. The summed E-state index contributed by atoms with van der Waals surface area (Å²) in [5.41, 5.74) is 0.702. The number of ketones is 1. The number of phenolic OH excluding ortho intramolecular Hbond substituents is 1. The van der Waals surface area contributed by atoms with Crippen molar-refractivity contribution in [2.24, 2.45) is 17.8 Å². The number of pyridine rings is 1. The second-order valence-electron chi connectivity index (χ2n) is 10.3. The summed E-state index contributed by atoms with van der Waals surface area (Å²) in [7, 11) is 0. The molecule has 2 aromatic rings. The van der Waals surface area contributed by atoms with E-state index in [4.69, 9.17) is 4.74 Å². The zero-order valence-corrected chi connectivity index (χ0v) is 21.4. The molecule has 1 aliphatic heterocycles. The lowest BCUT2D eigenvalue weighted by atomic mass is 9.89. The van der Waals surface area contributed by atoms with Crippen molar-refractivity contribution in [2.75, 3.05) is 0 Å². The summed E-state index contributed by atoms with van der Waals surface area (Å²) in [5, 5.41) is 26.8. The van der Waals surface area contributed by atoms with Gasteiger partial charge in [-0.2, -0.15) is 0 Å². The zero-order valence-electron chi connectivity index (χ0n) is 21.4. The largest absolute Gasteiger partial charge is 0.507 e. The summed E-state index contributed by atoms with van der Waals surface area (Å²) in [4.78, 5) is 56.9. The van der Waals surface area contributed by atoms with Crippen molar-refractivity contribution in [3.63, 3.8) is 0 Å². The molecule has 0 radical (unpaired) electrons. The van der Waals surface area contributed by atoms with Gasteiger partial charge in [0.1, 0.15) is 11.8 Å². The van der Waals surface area contributed by atoms with Crippen LogP contribution in [-0.4, -0.2) is 63.1 Å². The van der Waals surface area contributed by atoms with E-state index in [0.717, 1.165) is 18.4 Å². The van der Waals surface area contributed by atoms with E-state index in [-0.39, 0.29) is 35.9 Å². The van der Waals surface area contributed by atoms with Crippen LogP contribution in [-0.2, 0) is 25.5 Å². The molecule has 0 bridgehead atoms. The van der Waals surface area contributed by atoms with Crippen LogP contribution < -0.4 is 10.6 Å². The van der Waals surface area contributed by atoms with Gasteiger partial charge in [-0.3, -0.25) is 24.2 Å². The number of benzene rings is 1. The Labute approximate surface area is 220 Å². The standard InChI is InChI=1S/C28H33N3O7/c1-15-12-22(33)25(18-9-10-18)38-28(37)16(2)24(34)20(13-17-6-5-11-29-14-17)30-27(36)23(15)31-26(35)19-7-3-4-8-21(19)32/h3-8,11,14-16,18,20,23-25,32,34H,9-10,12-13H2,1-2H3,(H,30,36)(H,31,35)/t15-,16+,20-,23-,24-,25?/m0/s1. The quantitative estimate of drug-likeness (QED) is 0.430. The van der Waals surface area contributed by atoms with Gasteiger partial charge in [0.2, 0.25) is 5.91 Å². The number of nitrogens with zero attached hydrogens (tertiary/aromatic N) is 1. The SMILES string of the molecule is C[C@H]1CC(=O)C(C2CC2)OC(=O)[C@H](C)[C@H](O)[C@H](Cc2cccnc2)NC(=O)[C@H]1NC(=O)c1ccccc1O. The number of phenols is 1. The number of nitrogens with one attached hydrogen (secondary N) is 2. The highest BCUT2D eigenvalue weighted by Crippen LogP contribution is 2.36. The van der Waals surface area contributed by atoms with Crippen LogP contribution in [0.2, 0.25) is 0 Å². The maximum absolute atomic E-state index is 13.6. The number of aromatic hydroxyl groups is 1. The molecule has 1 aliphatic carbocycles. The van der Waals surface area contributed by atoms with Crippen molar-refractivity contribution < 1.29 is 34.1 Å². The lowest BCUT2D eigenvalue weighted by Gasteiger charge is -2.33. The maximum atomic E-state index is 13.6. The molecule has 2 aliphatic rings. The van der Waals surface area contributed by atoms with E-state index in [0.29, 0.717) is 0 Å². The van der Waals surface area contributed by atoms with Gasteiger partial charge in [-0.05, 0) is 55.9 Å². The first-order valence-corrected chi connectivity index (χ1v) is 12.8. The highest BCUT2D eigenvalue weighted by molar-refractivity contribution is 6.00. The molecular formula is C28H33N3O7. The van der Waals surface area contributed by atoms with Gasteiger partial charge in [-0.15, -0.1) is 0 Å². The summed E-state index contributed by atoms with van der Waals surface area (Å²) >= 11 is 0. The second-order valence-corrected chi connectivity index (χ2v) is 10.3. The Balaban J connectivity index is 1.66. The number of amides is 2. The number of aliphatic hydroxyl groups excluding tert-OH is 1. The number of ether oxygens (including phenoxy) is 1. The van der Waals surface area contributed by atoms with Crippen LogP contribution in [0.4, 0.5) is 0 Å². The molecule has 1 saturated carbocycles. The molecule has 1 aromatic heterocycles. The minimum absolute atomic E-state index is 0.0182. The predicted octanol–water partition coefficient (Wildman–Crippen LogP) is 1.54. The number of Topliss-reactive ketones (excluding diaryl/α,β-unsaturated/α-hetero) is 1. The van der Waals surface area contributed by atoms with E-state index >= 15 is 0 Å². The molecule has 2 heterocycles. The second kappa shape index (κ2) is 11.7. The smallest absolute Gasteiger partial charge is 0.312 e. The van der Waals surface area contributed by atoms with E-state index < -0.39 is 53.9 Å². The van der Waals surface area contributed by atoms with E-state index in [1.165, 1.54) is 19.1 Å². The van der Waals surface area contributed by atoms with Crippen molar-refractivity contribution in [1.29, 1.82) is 0 Å². The molecule has 0 spiro atoms. The molecule has 10 nitrogen and oxygen atoms in total. The Kier molecular flexibility index (Phi) is 8.41. The Hall–Kier alpha value is -3.79. The number of hydrogen-bond donors (Lipinski definition) is 4. The number of hydrogen-bond acceptors (Lipinski definition) is 8. The van der Waals surface area contributed by atoms with Crippen LogP contribution in [0.5, 0.6) is 5.75 Å². The third kappa shape index (κ3) is 6.36. The normalized spacial score (nSPS) is 28.9. The molecule has 38 heavy (non-hydrogen) atoms. The first-order valence-electron chi connectivity index (χ1n) is 12.8. The molecule has 4 N–H and O–H groups in total. The van der Waals surface area contributed by atoms with Crippen LogP contribution in [0, 0.1) is 17.8 Å². The van der Waals surface area contributed by atoms with Crippen molar-refractivity contribution in [3.8, 4) is 5.75 Å². The molecule has 6 atom stereocenters. The Morgan fingerprint density at radius 1 is 1.13 bits per heavy atom. The molecule has 2 amide bonds. The van der Waals surface area contributed by atoms with E-state index in [9.17, 15) is 29.4 Å². The van der Waals surface area contributed by atoms with Crippen LogP contribution in [0.3, 0.4) is 0 Å². The predicted molar refractivity (Wildman–Crippen MR) is 136 cm³/mol. The summed E-state index contributed by atoms with van der Waals surface area (Å²) in [6, 6.07) is 7.36. The third-order valence-electron chi connectivity index (χ3n) is 7.22. The van der Waals surface area contributed by atoms with Crippen LogP contribution in [0.15, 0.2) is 48.8 Å². The fraction of sp³-hybridized carbons (Fsp3) is 0.464. The number of aliphatic hydroxyl groups is 1. The van der Waals surface area contributed by atoms with E-state index in [2.05, 4.69) is 15.6 Å². The minimum Gasteiger partial charge on any atom is -0.507 e. The highest BCUT2D eigenvalue weighted by Gasteiger charge is 2.43. The Morgan fingerprint density at radius 3 is 2.53 bits per heavy atom. The molecule has 4 rings (SSSR count). The number of cyclic esters (lactones) is 1. The van der Waals surface area contributed by atoms with Gasteiger partial charge in [-0.25, -0.2) is 0 Å². The lowest BCUT2D eigenvalue weighted by molar-refractivity contribution is -0.164. The summed E-state index contributed by atoms with van der Waals surface area (Å²) in [5.74, 6) is -4.39. The highest BCUT2D eigenvalue weighted by atomic mass is 16.5. The molecule has 2 fully saturated rings. The molecule has 1 aromatic carbocycles. The summed E-state index contributed by atoms with van der Waals surface area (Å²) in [6.45, 7) is 3.15. The first kappa shape index (κ1) is 27.3. The van der Waals surface area contributed by atoms with Gasteiger partial charge < -0.3 is 25.6 Å². The minimum atomic E-state index is -1.34. The van der Waals surface area contributed by atoms with Crippen molar-refractivity contribution in [3.05, 3.63) is 59.9 Å². The number of carbonyl (C=O) groups is 4. The number of rotatable bonds is 5. The molecule has 1 unspecified atom stereocenters. The van der Waals surface area contributed by atoms with E-state index in [1.54, 1.807) is 43.6 Å².